The molecule has 2 fully saturated rings. The molecule has 0 heterocycles. The van der Waals surface area contributed by atoms with Gasteiger partial charge in [-0.15, -0.1) is 0 Å². The van der Waals surface area contributed by atoms with Gasteiger partial charge in [0.25, 0.3) is 0 Å². The van der Waals surface area contributed by atoms with Crippen molar-refractivity contribution < 1.29 is 0 Å². The van der Waals surface area contributed by atoms with E-state index in [1.54, 1.807) is 0 Å². The van der Waals surface area contributed by atoms with Gasteiger partial charge in [-0.1, -0.05) is 51.9 Å². The first-order valence-corrected chi connectivity index (χ1v) is 6.29. The molecule has 0 aromatic carbocycles. The Labute approximate surface area is 83.1 Å². The number of hydrogen-bond donors (Lipinski definition) is 0. The van der Waals surface area contributed by atoms with Crippen LogP contribution in [-0.4, -0.2) is 0 Å². The van der Waals surface area contributed by atoms with Crippen LogP contribution in [0.3, 0.4) is 0 Å². The van der Waals surface area contributed by atoms with E-state index in [-0.39, 0.29) is 0 Å². The van der Waals surface area contributed by atoms with Gasteiger partial charge in [-0.25, -0.2) is 0 Å². The third-order valence-corrected chi connectivity index (χ3v) is 4.15. The van der Waals surface area contributed by atoms with Crippen LogP contribution in [0.5, 0.6) is 0 Å². The highest BCUT2D eigenvalue weighted by Crippen LogP contribution is 2.42. The molecule has 0 amide bonds. The zero-order valence-corrected chi connectivity index (χ0v) is 9.15. The van der Waals surface area contributed by atoms with Crippen LogP contribution in [0.1, 0.15) is 71.1 Å². The second kappa shape index (κ2) is 4.02. The molecule has 0 spiro atoms. The Balaban J connectivity index is 1.55. The summed E-state index contributed by atoms with van der Waals surface area (Å²) in [4.78, 5) is 0. The van der Waals surface area contributed by atoms with Gasteiger partial charge in [-0.2, -0.15) is 0 Å². The fourth-order valence-corrected chi connectivity index (χ4v) is 2.87. The Kier molecular flexibility index (Phi) is 2.96. The minimum atomic E-state index is 0.754. The first-order chi connectivity index (χ1) is 6.29. The predicted molar refractivity (Wildman–Crippen MR) is 57.8 cm³/mol. The van der Waals surface area contributed by atoms with Crippen molar-refractivity contribution in [3.63, 3.8) is 0 Å². The van der Waals surface area contributed by atoms with Crippen molar-refractivity contribution in [3.05, 3.63) is 0 Å². The van der Waals surface area contributed by atoms with E-state index in [4.69, 9.17) is 0 Å². The Morgan fingerprint density at radius 3 is 2.38 bits per heavy atom. The quantitative estimate of drug-likeness (QED) is 0.545. The summed E-state index contributed by atoms with van der Waals surface area (Å²) < 4.78 is 0. The van der Waals surface area contributed by atoms with Gasteiger partial charge in [0.05, 0.1) is 0 Å². The molecule has 76 valence electrons. The Hall–Kier alpha value is 0. The van der Waals surface area contributed by atoms with Crippen molar-refractivity contribution in [2.24, 2.45) is 11.3 Å². The lowest BCUT2D eigenvalue weighted by molar-refractivity contribution is 0.294. The van der Waals surface area contributed by atoms with Crippen molar-refractivity contribution in [2.75, 3.05) is 0 Å². The summed E-state index contributed by atoms with van der Waals surface area (Å²) in [7, 11) is 0. The molecule has 0 aliphatic heterocycles. The summed E-state index contributed by atoms with van der Waals surface area (Å²) in [6, 6.07) is 0. The normalized spacial score (nSPS) is 26.5. The minimum absolute atomic E-state index is 0.754. The summed E-state index contributed by atoms with van der Waals surface area (Å²) >= 11 is 0. The van der Waals surface area contributed by atoms with E-state index >= 15 is 0 Å². The van der Waals surface area contributed by atoms with E-state index in [0.717, 1.165) is 11.3 Å². The molecule has 0 unspecified atom stereocenters. The van der Waals surface area contributed by atoms with E-state index in [1.165, 1.54) is 64.2 Å². The summed E-state index contributed by atoms with van der Waals surface area (Å²) in [5.74, 6) is 1.15. The van der Waals surface area contributed by atoms with Crippen molar-refractivity contribution in [3.8, 4) is 0 Å². The maximum atomic E-state index is 2.51. The predicted octanol–water partition coefficient (Wildman–Crippen LogP) is 4.54. The van der Waals surface area contributed by atoms with E-state index in [2.05, 4.69) is 6.92 Å². The van der Waals surface area contributed by atoms with Gasteiger partial charge in [-0.05, 0) is 30.6 Å². The highest BCUT2D eigenvalue weighted by molar-refractivity contribution is 4.80. The largest absolute Gasteiger partial charge is 0.0596 e. The summed E-state index contributed by atoms with van der Waals surface area (Å²) in [5, 5.41) is 0. The lowest BCUT2D eigenvalue weighted by atomic mass is 9.83. The van der Waals surface area contributed by atoms with Gasteiger partial charge in [0.1, 0.15) is 0 Å². The van der Waals surface area contributed by atoms with Crippen LogP contribution < -0.4 is 0 Å². The molecule has 0 aromatic rings. The van der Waals surface area contributed by atoms with Gasteiger partial charge >= 0.3 is 0 Å². The van der Waals surface area contributed by atoms with Crippen molar-refractivity contribution in [2.45, 2.75) is 71.1 Å². The lowest BCUT2D eigenvalue weighted by Crippen LogP contribution is -2.10. The average molecular weight is 180 g/mol. The Bertz CT molecular complexity index is 149. The molecular formula is C13H24. The molecule has 2 aliphatic rings. The highest BCUT2D eigenvalue weighted by Gasteiger charge is 2.28. The van der Waals surface area contributed by atoms with Crippen LogP contribution in [0.15, 0.2) is 0 Å². The summed E-state index contributed by atoms with van der Waals surface area (Å²) in [6.45, 7) is 2.51. The monoisotopic (exact) mass is 180 g/mol. The first-order valence-electron chi connectivity index (χ1n) is 6.29. The Morgan fingerprint density at radius 1 is 1.08 bits per heavy atom. The van der Waals surface area contributed by atoms with Crippen LogP contribution >= 0.6 is 0 Å². The van der Waals surface area contributed by atoms with Crippen molar-refractivity contribution >= 4 is 0 Å². The van der Waals surface area contributed by atoms with Gasteiger partial charge in [0, 0.05) is 0 Å². The number of hydrogen-bond acceptors (Lipinski definition) is 0. The number of unbranched alkanes of at least 4 members (excludes halogenated alkanes) is 1. The van der Waals surface area contributed by atoms with Crippen LogP contribution in [0.25, 0.3) is 0 Å². The summed E-state index contributed by atoms with van der Waals surface area (Å²) in [6.07, 6.45) is 15.2. The van der Waals surface area contributed by atoms with E-state index in [0.29, 0.717) is 0 Å². The molecule has 2 saturated carbocycles. The SMILES string of the molecule is CC1(CCCCC2CC2)CCCC1. The topological polar surface area (TPSA) is 0 Å². The molecule has 0 bridgehead atoms. The third-order valence-electron chi connectivity index (χ3n) is 4.15. The van der Waals surface area contributed by atoms with Gasteiger partial charge in [0.15, 0.2) is 0 Å². The highest BCUT2D eigenvalue weighted by atomic mass is 14.3. The van der Waals surface area contributed by atoms with E-state index in [9.17, 15) is 0 Å². The molecule has 2 rings (SSSR count). The van der Waals surface area contributed by atoms with E-state index < -0.39 is 0 Å². The second-order valence-corrected chi connectivity index (χ2v) is 5.71. The fourth-order valence-electron chi connectivity index (χ4n) is 2.87. The zero-order valence-electron chi connectivity index (χ0n) is 9.15. The molecule has 0 atom stereocenters. The third kappa shape index (κ3) is 3.00. The van der Waals surface area contributed by atoms with Crippen LogP contribution in [0, 0.1) is 11.3 Å². The molecule has 0 N–H and O–H groups in total. The van der Waals surface area contributed by atoms with Gasteiger partial charge in [0.2, 0.25) is 0 Å². The molecule has 0 saturated heterocycles. The molecule has 2 aliphatic carbocycles. The van der Waals surface area contributed by atoms with Crippen LogP contribution in [-0.2, 0) is 0 Å². The van der Waals surface area contributed by atoms with Gasteiger partial charge < -0.3 is 0 Å². The fraction of sp³-hybridized carbons (Fsp3) is 1.00. The van der Waals surface area contributed by atoms with Crippen molar-refractivity contribution in [1.82, 2.24) is 0 Å². The molecule has 0 heteroatoms. The second-order valence-electron chi connectivity index (χ2n) is 5.71. The molecular weight excluding hydrogens is 156 g/mol. The van der Waals surface area contributed by atoms with Crippen molar-refractivity contribution in [1.29, 1.82) is 0 Å². The molecule has 0 nitrogen and oxygen atoms in total. The average Bonchev–Trinajstić information content (AvgIpc) is 2.84. The van der Waals surface area contributed by atoms with E-state index in [1.807, 2.05) is 0 Å². The smallest absolute Gasteiger partial charge is 0.0326 e. The molecule has 0 radical (unpaired) electrons. The zero-order chi connectivity index (χ0) is 9.15. The van der Waals surface area contributed by atoms with Crippen LogP contribution in [0.4, 0.5) is 0 Å². The van der Waals surface area contributed by atoms with Gasteiger partial charge in [-0.3, -0.25) is 0 Å². The van der Waals surface area contributed by atoms with Crippen LogP contribution in [0.2, 0.25) is 0 Å². The maximum Gasteiger partial charge on any atom is -0.0326 e. The number of rotatable bonds is 5. The summed E-state index contributed by atoms with van der Waals surface area (Å²) in [5.41, 5.74) is 0.754. The minimum Gasteiger partial charge on any atom is -0.0596 e. The lowest BCUT2D eigenvalue weighted by Gasteiger charge is -2.22. The molecule has 13 heavy (non-hydrogen) atoms. The first kappa shape index (κ1) is 9.55. The maximum absolute atomic E-state index is 2.51. The standard InChI is InChI=1S/C13H24/c1-13(10-4-5-11-13)9-3-2-6-12-7-8-12/h12H,2-11H2,1H3. The Morgan fingerprint density at radius 2 is 1.77 bits per heavy atom. The molecule has 0 aromatic heterocycles.